The highest BCUT2D eigenvalue weighted by Gasteiger charge is 2.32. The van der Waals surface area contributed by atoms with Crippen LogP contribution in [0.1, 0.15) is 39.2 Å². The van der Waals surface area contributed by atoms with E-state index in [0.717, 1.165) is 23.5 Å². The van der Waals surface area contributed by atoms with Gasteiger partial charge in [0, 0.05) is 31.1 Å². The Labute approximate surface area is 167 Å². The van der Waals surface area contributed by atoms with Crippen LogP contribution in [0.4, 0.5) is 0 Å². The van der Waals surface area contributed by atoms with Crippen molar-refractivity contribution in [2.45, 2.75) is 51.6 Å². The predicted molar refractivity (Wildman–Crippen MR) is 111 cm³/mol. The predicted octanol–water partition coefficient (Wildman–Crippen LogP) is 2.50. The Morgan fingerprint density at radius 3 is 2.67 bits per heavy atom. The first-order chi connectivity index (χ1) is 12.8. The number of nitrogens with zero attached hydrogens (tertiary/aromatic N) is 1. The lowest BCUT2D eigenvalue weighted by atomic mass is 9.93. The van der Waals surface area contributed by atoms with E-state index in [0.29, 0.717) is 37.1 Å². The maximum absolute atomic E-state index is 12.2. The van der Waals surface area contributed by atoms with Crippen LogP contribution in [0, 0.1) is 0 Å². The molecular weight excluding hydrogens is 362 g/mol. The zero-order valence-corrected chi connectivity index (χ0v) is 17.7. The zero-order valence-electron chi connectivity index (χ0n) is 16.9. The normalized spacial score (nSPS) is 18.6. The average Bonchev–Trinajstić information content (AvgIpc) is 2.59. The van der Waals surface area contributed by atoms with Gasteiger partial charge < -0.3 is 25.0 Å². The molecular formula is C20H31N3O3S. The number of carbonyl (C=O) groups is 1. The van der Waals surface area contributed by atoms with Gasteiger partial charge in [0.15, 0.2) is 16.6 Å². The van der Waals surface area contributed by atoms with Gasteiger partial charge in [-0.15, -0.1) is 0 Å². The summed E-state index contributed by atoms with van der Waals surface area (Å²) in [7, 11) is 3.23. The molecule has 0 saturated carbocycles. The summed E-state index contributed by atoms with van der Waals surface area (Å²) in [6.45, 7) is 7.66. The molecule has 2 rings (SSSR count). The van der Waals surface area contributed by atoms with E-state index in [2.05, 4.69) is 36.3 Å². The summed E-state index contributed by atoms with van der Waals surface area (Å²) in [6.07, 6.45) is 2.16. The van der Waals surface area contributed by atoms with E-state index in [4.69, 9.17) is 21.7 Å². The van der Waals surface area contributed by atoms with Crippen molar-refractivity contribution in [3.05, 3.63) is 23.8 Å². The summed E-state index contributed by atoms with van der Waals surface area (Å²) in [5.41, 5.74) is 1.10. The molecule has 1 aromatic carbocycles. The van der Waals surface area contributed by atoms with Crippen molar-refractivity contribution < 1.29 is 14.3 Å². The molecule has 0 spiro atoms. The molecule has 0 bridgehead atoms. The highest BCUT2D eigenvalue weighted by Crippen LogP contribution is 2.27. The number of carbonyl (C=O) groups excluding carboxylic acids is 1. The Morgan fingerprint density at radius 1 is 1.33 bits per heavy atom. The molecule has 1 heterocycles. The van der Waals surface area contributed by atoms with Gasteiger partial charge in [-0.2, -0.15) is 0 Å². The van der Waals surface area contributed by atoms with Gasteiger partial charge in [0.25, 0.3) is 0 Å². The van der Waals surface area contributed by atoms with Gasteiger partial charge in [0.2, 0.25) is 5.91 Å². The quantitative estimate of drug-likeness (QED) is 0.662. The first-order valence-corrected chi connectivity index (χ1v) is 9.73. The lowest BCUT2D eigenvalue weighted by Gasteiger charge is -2.44. The zero-order chi connectivity index (χ0) is 20.0. The van der Waals surface area contributed by atoms with Crippen LogP contribution in [0.25, 0.3) is 0 Å². The van der Waals surface area contributed by atoms with Gasteiger partial charge >= 0.3 is 0 Å². The number of rotatable bonds is 8. The number of ether oxygens (including phenoxy) is 2. The van der Waals surface area contributed by atoms with Crippen molar-refractivity contribution in [3.8, 4) is 11.5 Å². The largest absolute Gasteiger partial charge is 0.493 e. The van der Waals surface area contributed by atoms with Crippen LogP contribution >= 0.6 is 12.2 Å². The van der Waals surface area contributed by atoms with Crippen LogP contribution in [0.5, 0.6) is 11.5 Å². The molecule has 1 fully saturated rings. The molecule has 2 N–H and O–H groups in total. The molecule has 1 unspecified atom stereocenters. The number of hydrogen-bond acceptors (Lipinski definition) is 4. The van der Waals surface area contributed by atoms with Crippen LogP contribution in [0.3, 0.4) is 0 Å². The molecule has 7 heteroatoms. The molecule has 1 aliphatic heterocycles. The fourth-order valence-electron chi connectivity index (χ4n) is 3.48. The SMILES string of the molecule is COc1ccc(CCNC(=O)CCN2C(=S)NC(C)(C)CC2C)cc1OC. The number of hydrogen-bond donors (Lipinski definition) is 2. The van der Waals surface area contributed by atoms with E-state index in [-0.39, 0.29) is 11.4 Å². The fourth-order valence-corrected chi connectivity index (χ4v) is 4.02. The molecule has 0 aromatic heterocycles. The molecule has 1 aromatic rings. The van der Waals surface area contributed by atoms with Gasteiger partial charge in [0.1, 0.15) is 0 Å². The van der Waals surface area contributed by atoms with Crippen LogP contribution in [0.15, 0.2) is 18.2 Å². The van der Waals surface area contributed by atoms with Crippen molar-refractivity contribution in [3.63, 3.8) is 0 Å². The molecule has 27 heavy (non-hydrogen) atoms. The van der Waals surface area contributed by atoms with Crippen molar-refractivity contribution >= 4 is 23.2 Å². The lowest BCUT2D eigenvalue weighted by Crippen LogP contribution is -2.60. The molecule has 0 radical (unpaired) electrons. The number of nitrogens with one attached hydrogen (secondary N) is 2. The third-order valence-electron chi connectivity index (χ3n) is 4.81. The lowest BCUT2D eigenvalue weighted by molar-refractivity contribution is -0.121. The molecule has 1 saturated heterocycles. The van der Waals surface area contributed by atoms with Crippen LogP contribution in [-0.2, 0) is 11.2 Å². The van der Waals surface area contributed by atoms with Crippen molar-refractivity contribution in [1.82, 2.24) is 15.5 Å². The van der Waals surface area contributed by atoms with E-state index in [1.54, 1.807) is 14.2 Å². The summed E-state index contributed by atoms with van der Waals surface area (Å²) in [5.74, 6) is 1.44. The minimum absolute atomic E-state index is 0.00861. The minimum Gasteiger partial charge on any atom is -0.493 e. The van der Waals surface area contributed by atoms with Crippen LogP contribution < -0.4 is 20.1 Å². The van der Waals surface area contributed by atoms with Gasteiger partial charge in [-0.25, -0.2) is 0 Å². The average molecular weight is 394 g/mol. The second-order valence-electron chi connectivity index (χ2n) is 7.60. The molecule has 150 valence electrons. The van der Waals surface area contributed by atoms with Gasteiger partial charge in [-0.3, -0.25) is 4.79 Å². The number of benzene rings is 1. The maximum atomic E-state index is 12.2. The Hall–Kier alpha value is -2.02. The highest BCUT2D eigenvalue weighted by molar-refractivity contribution is 7.80. The van der Waals surface area contributed by atoms with E-state index in [9.17, 15) is 4.79 Å². The molecule has 1 atom stereocenters. The Morgan fingerprint density at radius 2 is 2.04 bits per heavy atom. The van der Waals surface area contributed by atoms with Crippen molar-refractivity contribution in [2.24, 2.45) is 0 Å². The summed E-state index contributed by atoms with van der Waals surface area (Å²) in [4.78, 5) is 14.3. The van der Waals surface area contributed by atoms with E-state index in [1.165, 1.54) is 0 Å². The molecule has 0 aliphatic carbocycles. The Bertz CT molecular complexity index is 678. The molecule has 6 nitrogen and oxygen atoms in total. The van der Waals surface area contributed by atoms with Crippen LogP contribution in [-0.4, -0.2) is 54.8 Å². The first kappa shape index (κ1) is 21.3. The standard InChI is InChI=1S/C20H31N3O3S/c1-14-13-20(2,3)22-19(27)23(14)11-9-18(24)21-10-8-15-6-7-16(25-4)17(12-15)26-5/h6-7,12,14H,8-11,13H2,1-5H3,(H,21,24)(H,22,27). The topological polar surface area (TPSA) is 62.8 Å². The fraction of sp³-hybridized carbons (Fsp3) is 0.600. The summed E-state index contributed by atoms with van der Waals surface area (Å²) >= 11 is 5.46. The summed E-state index contributed by atoms with van der Waals surface area (Å²) in [5, 5.41) is 7.06. The second kappa shape index (κ2) is 9.26. The first-order valence-electron chi connectivity index (χ1n) is 9.32. The molecule has 1 amide bonds. The van der Waals surface area contributed by atoms with Gasteiger partial charge in [0.05, 0.1) is 14.2 Å². The highest BCUT2D eigenvalue weighted by atomic mass is 32.1. The van der Waals surface area contributed by atoms with E-state index in [1.807, 2.05) is 18.2 Å². The van der Waals surface area contributed by atoms with Gasteiger partial charge in [-0.1, -0.05) is 6.07 Å². The third-order valence-corrected chi connectivity index (χ3v) is 5.14. The van der Waals surface area contributed by atoms with Crippen LogP contribution in [0.2, 0.25) is 0 Å². The summed E-state index contributed by atoms with van der Waals surface area (Å²) < 4.78 is 10.5. The van der Waals surface area contributed by atoms with Gasteiger partial charge in [-0.05, 0) is 63.5 Å². The Kier molecular flexibility index (Phi) is 7.30. The number of methoxy groups -OCH3 is 2. The minimum atomic E-state index is 0.00861. The van der Waals surface area contributed by atoms with E-state index < -0.39 is 0 Å². The maximum Gasteiger partial charge on any atom is 0.221 e. The summed E-state index contributed by atoms with van der Waals surface area (Å²) in [6, 6.07) is 6.12. The molecule has 1 aliphatic rings. The van der Waals surface area contributed by atoms with E-state index >= 15 is 0 Å². The number of thiocarbonyl (C=S) groups is 1. The monoisotopic (exact) mass is 393 g/mol. The number of amides is 1. The second-order valence-corrected chi connectivity index (χ2v) is 7.99. The Balaban J connectivity index is 1.76. The smallest absolute Gasteiger partial charge is 0.221 e. The van der Waals surface area contributed by atoms with Crippen molar-refractivity contribution in [2.75, 3.05) is 27.3 Å². The third kappa shape index (κ3) is 5.99. The van der Waals surface area contributed by atoms with Crippen molar-refractivity contribution in [1.29, 1.82) is 0 Å².